The summed E-state index contributed by atoms with van der Waals surface area (Å²) in [6.45, 7) is 7.43. The van der Waals surface area contributed by atoms with Crippen LogP contribution in [-0.4, -0.2) is 62.2 Å². The number of aryl methyl sites for hydroxylation is 1. The summed E-state index contributed by atoms with van der Waals surface area (Å²) in [4.78, 5) is 45.2. The van der Waals surface area contributed by atoms with Gasteiger partial charge in [-0.15, -0.1) is 11.3 Å². The van der Waals surface area contributed by atoms with Gasteiger partial charge in [-0.2, -0.15) is 12.6 Å². The van der Waals surface area contributed by atoms with E-state index < -0.39 is 28.8 Å². The van der Waals surface area contributed by atoms with Crippen LogP contribution < -0.4 is 10.6 Å². The first-order valence-electron chi connectivity index (χ1n) is 11.8. The average molecular weight is 519 g/mol. The van der Waals surface area contributed by atoms with E-state index in [2.05, 4.69) is 28.2 Å². The molecule has 4 atom stereocenters. The van der Waals surface area contributed by atoms with Crippen molar-refractivity contribution in [2.45, 2.75) is 76.4 Å². The highest BCUT2D eigenvalue weighted by molar-refractivity contribution is 7.81. The van der Waals surface area contributed by atoms with E-state index in [1.54, 1.807) is 18.3 Å². The maximum atomic E-state index is 13.5. The first kappa shape index (κ1) is 27.2. The van der Waals surface area contributed by atoms with Crippen LogP contribution in [0.5, 0.6) is 0 Å². The fourth-order valence-corrected chi connectivity index (χ4v) is 5.68. The number of rotatable bonds is 9. The number of hydrogen-bond acceptors (Lipinski definition) is 7. The van der Waals surface area contributed by atoms with Crippen molar-refractivity contribution >= 4 is 41.7 Å². The van der Waals surface area contributed by atoms with Gasteiger partial charge in [-0.3, -0.25) is 14.4 Å². The summed E-state index contributed by atoms with van der Waals surface area (Å²) >= 11 is 6.25. The van der Waals surface area contributed by atoms with Crippen molar-refractivity contribution < 1.29 is 19.5 Å². The Morgan fingerprint density at radius 3 is 2.57 bits per heavy atom. The monoisotopic (exact) mass is 518 g/mol. The normalized spacial score (nSPS) is 20.2. The van der Waals surface area contributed by atoms with Crippen LogP contribution in [0, 0.1) is 6.92 Å². The van der Waals surface area contributed by atoms with E-state index in [0.717, 1.165) is 28.1 Å². The minimum absolute atomic E-state index is 0.0336. The van der Waals surface area contributed by atoms with Crippen LogP contribution >= 0.6 is 24.0 Å². The third kappa shape index (κ3) is 6.62. The number of thiol groups is 1. The van der Waals surface area contributed by atoms with E-state index in [1.165, 1.54) is 11.8 Å². The number of hydrogen-bond donors (Lipinski definition) is 4. The molecule has 0 aliphatic carbocycles. The quantitative estimate of drug-likeness (QED) is 0.382. The third-order valence-electron chi connectivity index (χ3n) is 6.27. The molecule has 1 aromatic heterocycles. The molecule has 1 aliphatic rings. The first-order chi connectivity index (χ1) is 16.5. The fraction of sp³-hybridized carbons (Fsp3) is 0.520. The molecule has 1 aromatic carbocycles. The van der Waals surface area contributed by atoms with E-state index in [1.807, 2.05) is 43.6 Å². The Morgan fingerprint density at radius 1 is 1.31 bits per heavy atom. The van der Waals surface area contributed by atoms with Crippen LogP contribution in [0.15, 0.2) is 29.8 Å². The molecule has 1 saturated heterocycles. The van der Waals surface area contributed by atoms with Crippen molar-refractivity contribution in [2.24, 2.45) is 0 Å². The molecule has 2 aromatic rings. The van der Waals surface area contributed by atoms with Gasteiger partial charge in [-0.1, -0.05) is 37.6 Å². The molecule has 8 nitrogen and oxygen atoms in total. The second-order valence-corrected chi connectivity index (χ2v) is 11.2. The topological polar surface area (TPSA) is 112 Å². The van der Waals surface area contributed by atoms with Crippen molar-refractivity contribution in [1.82, 2.24) is 20.5 Å². The minimum Gasteiger partial charge on any atom is -0.391 e. The van der Waals surface area contributed by atoms with Crippen LogP contribution in [-0.2, 0) is 20.9 Å². The molecule has 1 aliphatic heterocycles. The summed E-state index contributed by atoms with van der Waals surface area (Å²) in [6, 6.07) is 6.16. The van der Waals surface area contributed by atoms with Gasteiger partial charge in [0.15, 0.2) is 0 Å². The third-order valence-corrected chi connectivity index (χ3v) is 7.73. The van der Waals surface area contributed by atoms with E-state index in [-0.39, 0.29) is 24.8 Å². The Bertz CT molecular complexity index is 1050. The number of nitrogens with zero attached hydrogens (tertiary/aromatic N) is 2. The molecule has 1 fully saturated rings. The molecule has 3 rings (SSSR count). The summed E-state index contributed by atoms with van der Waals surface area (Å²) in [5.41, 5.74) is 4.79. The molecule has 3 N–H and O–H groups in total. The van der Waals surface area contributed by atoms with Crippen LogP contribution in [0.4, 0.5) is 0 Å². The summed E-state index contributed by atoms with van der Waals surface area (Å²) in [5.74, 6) is -1.10. The van der Waals surface area contributed by atoms with Gasteiger partial charge < -0.3 is 20.6 Å². The van der Waals surface area contributed by atoms with Gasteiger partial charge in [0.2, 0.25) is 17.7 Å². The zero-order chi connectivity index (χ0) is 25.8. The molecule has 1 unspecified atom stereocenters. The Hall–Kier alpha value is -2.43. The number of carbonyl (C=O) groups is 3. The lowest BCUT2D eigenvalue weighted by Crippen LogP contribution is -2.59. The zero-order valence-electron chi connectivity index (χ0n) is 20.6. The van der Waals surface area contributed by atoms with Crippen LogP contribution in [0.3, 0.4) is 0 Å². The summed E-state index contributed by atoms with van der Waals surface area (Å²) in [7, 11) is 0. The second-order valence-electron chi connectivity index (χ2n) is 9.32. The van der Waals surface area contributed by atoms with Gasteiger partial charge in [0.05, 0.1) is 22.2 Å². The van der Waals surface area contributed by atoms with Gasteiger partial charge >= 0.3 is 0 Å². The standard InChI is InChI=1S/C25H34N4O4S2/c1-5-10-25(4,34)22(28-16(3)30)24(33)29-13-19(31)11-20(29)23(32)26-12-17-6-8-18(9-7-17)21-15(2)27-14-35-21/h6-9,14,19-20,22,31,34H,5,10-13H2,1-4H3,(H,26,32)(H,28,30)/t19-,20+,22-,25?/m1/s1. The Balaban J connectivity index is 1.69. The van der Waals surface area contributed by atoms with Crippen LogP contribution in [0.25, 0.3) is 10.4 Å². The predicted octanol–water partition coefficient (Wildman–Crippen LogP) is 2.69. The summed E-state index contributed by atoms with van der Waals surface area (Å²) in [5, 5.41) is 15.9. The van der Waals surface area contributed by atoms with Crippen LogP contribution in [0.2, 0.25) is 0 Å². The minimum atomic E-state index is -0.911. The lowest BCUT2D eigenvalue weighted by Gasteiger charge is -2.36. The molecule has 35 heavy (non-hydrogen) atoms. The fourth-order valence-electron chi connectivity index (χ4n) is 4.47. The number of benzene rings is 1. The maximum absolute atomic E-state index is 13.5. The van der Waals surface area contributed by atoms with Crippen molar-refractivity contribution in [1.29, 1.82) is 0 Å². The number of thiazole rings is 1. The largest absolute Gasteiger partial charge is 0.391 e. The van der Waals surface area contributed by atoms with Gasteiger partial charge in [-0.25, -0.2) is 4.98 Å². The molecular weight excluding hydrogens is 484 g/mol. The molecule has 0 saturated carbocycles. The lowest BCUT2D eigenvalue weighted by molar-refractivity contribution is -0.142. The van der Waals surface area contributed by atoms with E-state index >= 15 is 0 Å². The Morgan fingerprint density at radius 2 is 2.00 bits per heavy atom. The molecule has 10 heteroatoms. The van der Waals surface area contributed by atoms with Crippen LogP contribution in [0.1, 0.15) is 51.3 Å². The maximum Gasteiger partial charge on any atom is 0.247 e. The van der Waals surface area contributed by atoms with E-state index in [4.69, 9.17) is 0 Å². The highest BCUT2D eigenvalue weighted by Crippen LogP contribution is 2.30. The molecule has 190 valence electrons. The van der Waals surface area contributed by atoms with Crippen molar-refractivity contribution in [2.75, 3.05) is 6.54 Å². The number of carbonyl (C=O) groups excluding carboxylic acids is 3. The Kier molecular flexibility index (Phi) is 8.95. The number of aliphatic hydroxyl groups is 1. The molecule has 0 radical (unpaired) electrons. The number of aromatic nitrogens is 1. The van der Waals surface area contributed by atoms with Gasteiger partial charge in [0.25, 0.3) is 0 Å². The van der Waals surface area contributed by atoms with E-state index in [0.29, 0.717) is 13.0 Å². The summed E-state index contributed by atoms with van der Waals surface area (Å²) < 4.78 is -0.801. The molecular formula is C25H34N4O4S2. The smallest absolute Gasteiger partial charge is 0.247 e. The van der Waals surface area contributed by atoms with Gasteiger partial charge in [-0.05, 0) is 31.4 Å². The molecule has 2 heterocycles. The number of β-amino-alcohol motifs (C(OH)–C–C–N with tert-alkyl or cyclic N) is 1. The van der Waals surface area contributed by atoms with Gasteiger partial charge in [0, 0.05) is 31.2 Å². The number of aliphatic hydroxyl groups excluding tert-OH is 1. The highest BCUT2D eigenvalue weighted by atomic mass is 32.1. The molecule has 0 bridgehead atoms. The first-order valence-corrected chi connectivity index (χ1v) is 13.1. The van der Waals surface area contributed by atoms with Gasteiger partial charge in [0.1, 0.15) is 12.1 Å². The Labute approximate surface area is 215 Å². The van der Waals surface area contributed by atoms with Crippen molar-refractivity contribution in [3.8, 4) is 10.4 Å². The zero-order valence-corrected chi connectivity index (χ0v) is 22.3. The molecule has 0 spiro atoms. The summed E-state index contributed by atoms with van der Waals surface area (Å²) in [6.07, 6.45) is 0.700. The number of likely N-dealkylation sites (tertiary alicyclic amines) is 1. The van der Waals surface area contributed by atoms with Crippen molar-refractivity contribution in [3.63, 3.8) is 0 Å². The number of nitrogens with one attached hydrogen (secondary N) is 2. The molecule has 3 amide bonds. The highest BCUT2D eigenvalue weighted by Gasteiger charge is 2.45. The average Bonchev–Trinajstić information content (AvgIpc) is 3.41. The lowest BCUT2D eigenvalue weighted by atomic mass is 9.94. The SMILES string of the molecule is CCCC(C)(S)[C@H](NC(C)=O)C(=O)N1C[C@H](O)C[C@H]1C(=O)NCc1ccc(-c2scnc2C)cc1. The van der Waals surface area contributed by atoms with Crippen molar-refractivity contribution in [3.05, 3.63) is 41.0 Å². The second kappa shape index (κ2) is 11.5. The van der Waals surface area contributed by atoms with E-state index in [9.17, 15) is 19.5 Å². The predicted molar refractivity (Wildman–Crippen MR) is 140 cm³/mol. The number of amides is 3.